The molecule has 0 saturated carbocycles. The summed E-state index contributed by atoms with van der Waals surface area (Å²) in [6.07, 6.45) is 0. The fraction of sp³-hybridized carbons (Fsp3) is 0. The van der Waals surface area contributed by atoms with Crippen LogP contribution in [0.4, 0.5) is 0 Å². The van der Waals surface area contributed by atoms with Crippen molar-refractivity contribution in [2.75, 3.05) is 0 Å². The third-order valence-corrected chi connectivity index (χ3v) is 3.00. The van der Waals surface area contributed by atoms with Gasteiger partial charge in [0.25, 0.3) is 0 Å². The molecule has 6 nitrogen and oxygen atoms in total. The Kier molecular flexibility index (Phi) is 3.64. The Bertz CT molecular complexity index is 541. The lowest BCUT2D eigenvalue weighted by Gasteiger charge is -2.13. The quantitative estimate of drug-likeness (QED) is 0.746. The number of phenols is 2. The number of hydrogen-bond acceptors (Lipinski definition) is 5. The van der Waals surface area contributed by atoms with E-state index in [4.69, 9.17) is 19.3 Å². The van der Waals surface area contributed by atoms with Gasteiger partial charge in [0, 0.05) is 0 Å². The first-order valence-corrected chi connectivity index (χ1v) is 6.74. The van der Waals surface area contributed by atoms with Crippen LogP contribution in [0.15, 0.2) is 48.5 Å². The first-order valence-electron chi connectivity index (χ1n) is 5.25. The molecule has 2 aromatic carbocycles. The molecule has 0 heterocycles. The Morgan fingerprint density at radius 1 is 0.737 bits per heavy atom. The van der Waals surface area contributed by atoms with Crippen LogP contribution in [0.5, 0.6) is 23.0 Å². The molecule has 0 saturated heterocycles. The van der Waals surface area contributed by atoms with Crippen molar-refractivity contribution in [3.63, 3.8) is 0 Å². The maximum absolute atomic E-state index is 11.7. The van der Waals surface area contributed by atoms with Crippen molar-refractivity contribution in [3.05, 3.63) is 48.5 Å². The van der Waals surface area contributed by atoms with Crippen molar-refractivity contribution in [3.8, 4) is 23.0 Å². The van der Waals surface area contributed by atoms with Crippen LogP contribution in [0.25, 0.3) is 0 Å². The highest BCUT2D eigenvalue weighted by Crippen LogP contribution is 2.44. The van der Waals surface area contributed by atoms with Gasteiger partial charge in [-0.15, -0.1) is 0 Å². The van der Waals surface area contributed by atoms with Crippen molar-refractivity contribution < 1.29 is 28.7 Å². The van der Waals surface area contributed by atoms with Crippen LogP contribution >= 0.6 is 7.82 Å². The molecule has 0 bridgehead atoms. The minimum absolute atomic E-state index is 0.0135. The molecule has 0 fully saturated rings. The summed E-state index contributed by atoms with van der Waals surface area (Å²) >= 11 is 0. The number of aromatic hydroxyl groups is 2. The molecule has 0 aromatic heterocycles. The third kappa shape index (κ3) is 3.91. The summed E-state index contributed by atoms with van der Waals surface area (Å²) in [7, 11) is -4.33. The Morgan fingerprint density at radius 3 is 1.37 bits per heavy atom. The summed E-state index contributed by atoms with van der Waals surface area (Å²) in [6, 6.07) is 10.6. The summed E-state index contributed by atoms with van der Waals surface area (Å²) in [6.45, 7) is 0. The lowest BCUT2D eigenvalue weighted by molar-refractivity contribution is 0.290. The van der Waals surface area contributed by atoms with E-state index in [1.54, 1.807) is 0 Å². The summed E-state index contributed by atoms with van der Waals surface area (Å²) in [5, 5.41) is 18.1. The van der Waals surface area contributed by atoms with E-state index >= 15 is 0 Å². The third-order valence-electron chi connectivity index (χ3n) is 2.11. The van der Waals surface area contributed by atoms with Gasteiger partial charge in [-0.3, -0.25) is 4.89 Å². The SMILES string of the molecule is O=P(O)(Oc1ccc(O)cc1)Oc1ccc(O)cc1. The lowest BCUT2D eigenvalue weighted by atomic mass is 10.3. The predicted octanol–water partition coefficient (Wildman–Crippen LogP) is 2.66. The van der Waals surface area contributed by atoms with E-state index in [-0.39, 0.29) is 23.0 Å². The maximum atomic E-state index is 11.7. The van der Waals surface area contributed by atoms with Crippen molar-refractivity contribution >= 4 is 7.82 Å². The van der Waals surface area contributed by atoms with Crippen LogP contribution in [-0.2, 0) is 4.57 Å². The minimum Gasteiger partial charge on any atom is -0.508 e. The van der Waals surface area contributed by atoms with Gasteiger partial charge in [0.05, 0.1) is 0 Å². The Labute approximate surface area is 109 Å². The Balaban J connectivity index is 2.08. The largest absolute Gasteiger partial charge is 0.584 e. The van der Waals surface area contributed by atoms with Gasteiger partial charge >= 0.3 is 7.82 Å². The molecular formula is C12H11O6P. The molecule has 100 valence electrons. The van der Waals surface area contributed by atoms with Crippen LogP contribution < -0.4 is 9.05 Å². The molecule has 7 heteroatoms. The molecular weight excluding hydrogens is 271 g/mol. The Hall–Kier alpha value is -2.17. The fourth-order valence-electron chi connectivity index (χ4n) is 1.30. The monoisotopic (exact) mass is 282 g/mol. The molecule has 19 heavy (non-hydrogen) atoms. The molecule has 0 aliphatic carbocycles. The van der Waals surface area contributed by atoms with Gasteiger partial charge in [-0.1, -0.05) is 0 Å². The predicted molar refractivity (Wildman–Crippen MR) is 67.3 cm³/mol. The van der Waals surface area contributed by atoms with Gasteiger partial charge in [0.15, 0.2) is 0 Å². The zero-order valence-electron chi connectivity index (χ0n) is 9.63. The molecule has 0 spiro atoms. The number of benzene rings is 2. The second kappa shape index (κ2) is 5.22. The number of hydrogen-bond donors (Lipinski definition) is 3. The summed E-state index contributed by atoms with van der Waals surface area (Å²) in [5.74, 6) is 0.198. The van der Waals surface area contributed by atoms with Gasteiger partial charge < -0.3 is 19.3 Å². The van der Waals surface area contributed by atoms with Crippen molar-refractivity contribution in [2.24, 2.45) is 0 Å². The van der Waals surface area contributed by atoms with E-state index in [1.165, 1.54) is 48.5 Å². The summed E-state index contributed by atoms with van der Waals surface area (Å²) in [4.78, 5) is 9.55. The number of phosphoric acid groups is 1. The smallest absolute Gasteiger partial charge is 0.508 e. The van der Waals surface area contributed by atoms with Gasteiger partial charge in [-0.2, -0.15) is 0 Å². The minimum atomic E-state index is -4.33. The van der Waals surface area contributed by atoms with Crippen LogP contribution in [-0.4, -0.2) is 15.1 Å². The second-order valence-electron chi connectivity index (χ2n) is 3.64. The highest BCUT2D eigenvalue weighted by Gasteiger charge is 2.24. The molecule has 3 N–H and O–H groups in total. The molecule has 0 atom stereocenters. The van der Waals surface area contributed by atoms with Crippen molar-refractivity contribution in [1.82, 2.24) is 0 Å². The van der Waals surface area contributed by atoms with E-state index in [0.717, 1.165) is 0 Å². The first kappa shape index (κ1) is 13.3. The van der Waals surface area contributed by atoms with E-state index in [2.05, 4.69) is 0 Å². The van der Waals surface area contributed by atoms with Gasteiger partial charge in [-0.05, 0) is 48.5 Å². The highest BCUT2D eigenvalue weighted by molar-refractivity contribution is 7.48. The number of phenolic OH excluding ortho intramolecular Hbond substituents is 2. The molecule has 0 radical (unpaired) electrons. The molecule has 0 aliphatic rings. The van der Waals surface area contributed by atoms with Gasteiger partial charge in [0.1, 0.15) is 23.0 Å². The van der Waals surface area contributed by atoms with E-state index in [1.807, 2.05) is 0 Å². The lowest BCUT2D eigenvalue weighted by Crippen LogP contribution is -1.99. The topological polar surface area (TPSA) is 96.2 Å². The first-order chi connectivity index (χ1) is 8.94. The number of rotatable bonds is 4. The van der Waals surface area contributed by atoms with Crippen molar-refractivity contribution in [1.29, 1.82) is 0 Å². The van der Waals surface area contributed by atoms with Crippen LogP contribution in [0.2, 0.25) is 0 Å². The van der Waals surface area contributed by atoms with Crippen molar-refractivity contribution in [2.45, 2.75) is 0 Å². The zero-order valence-corrected chi connectivity index (χ0v) is 10.5. The fourth-order valence-corrected chi connectivity index (χ4v) is 2.11. The number of phosphoric ester groups is 1. The second-order valence-corrected chi connectivity index (χ2v) is 4.94. The van der Waals surface area contributed by atoms with E-state index < -0.39 is 7.82 Å². The van der Waals surface area contributed by atoms with Crippen LogP contribution in [0.1, 0.15) is 0 Å². The van der Waals surface area contributed by atoms with Gasteiger partial charge in [-0.25, -0.2) is 4.57 Å². The normalized spacial score (nSPS) is 11.0. The standard InChI is InChI=1S/C12H11O6P/c13-9-1-5-11(6-2-9)17-19(15,16)18-12-7-3-10(14)4-8-12/h1-8,13-14H,(H,15,16). The maximum Gasteiger partial charge on any atom is 0.584 e. The van der Waals surface area contributed by atoms with Gasteiger partial charge in [0.2, 0.25) is 0 Å². The molecule has 2 aromatic rings. The summed E-state index contributed by atoms with van der Waals surface area (Å²) in [5.41, 5.74) is 0. The van der Waals surface area contributed by atoms with Crippen LogP contribution in [0, 0.1) is 0 Å². The average Bonchev–Trinajstić information content (AvgIpc) is 2.34. The zero-order chi connectivity index (χ0) is 13.9. The van der Waals surface area contributed by atoms with Crippen LogP contribution in [0.3, 0.4) is 0 Å². The molecule has 0 aliphatic heterocycles. The van der Waals surface area contributed by atoms with E-state index in [9.17, 15) is 9.46 Å². The average molecular weight is 282 g/mol. The highest BCUT2D eigenvalue weighted by atomic mass is 31.2. The molecule has 0 amide bonds. The summed E-state index contributed by atoms with van der Waals surface area (Å²) < 4.78 is 21.3. The van der Waals surface area contributed by atoms with E-state index in [0.29, 0.717) is 0 Å². The Morgan fingerprint density at radius 2 is 1.05 bits per heavy atom. The molecule has 2 rings (SSSR count). The molecule has 0 unspecified atom stereocenters.